The van der Waals surface area contributed by atoms with Crippen molar-refractivity contribution in [2.24, 2.45) is 0 Å². The fourth-order valence-electron chi connectivity index (χ4n) is 3.98. The smallest absolute Gasteiger partial charge is 0.123 e. The van der Waals surface area contributed by atoms with Crippen LogP contribution < -0.4 is 0 Å². The Kier molecular flexibility index (Phi) is 9.14. The van der Waals surface area contributed by atoms with Gasteiger partial charge in [-0.2, -0.15) is 0 Å². The zero-order valence-electron chi connectivity index (χ0n) is 18.8. The monoisotopic (exact) mass is 434 g/mol. The summed E-state index contributed by atoms with van der Waals surface area (Å²) in [6, 6.07) is 6.67. The van der Waals surface area contributed by atoms with E-state index in [1.165, 1.54) is 18.2 Å². The fourth-order valence-corrected chi connectivity index (χ4v) is 3.98. The van der Waals surface area contributed by atoms with Crippen LogP contribution in [0.25, 0.3) is 0 Å². The number of hydrogen-bond acceptors (Lipinski definition) is 2. The predicted molar refractivity (Wildman–Crippen MR) is 130 cm³/mol. The lowest BCUT2D eigenvalue weighted by Crippen LogP contribution is -2.47. The van der Waals surface area contributed by atoms with Crippen molar-refractivity contribution in [1.82, 2.24) is 9.80 Å². The topological polar surface area (TPSA) is 6.48 Å². The fraction of sp³-hybridized carbons (Fsp3) is 0.286. The van der Waals surface area contributed by atoms with Gasteiger partial charge in [-0.15, -0.1) is 0 Å². The van der Waals surface area contributed by atoms with Crippen LogP contribution in [0.15, 0.2) is 109 Å². The maximum Gasteiger partial charge on any atom is 0.123 e. The molecule has 0 amide bonds. The molecule has 1 aromatic rings. The van der Waals surface area contributed by atoms with Crippen molar-refractivity contribution in [2.45, 2.75) is 19.4 Å². The molecule has 1 fully saturated rings. The first-order valence-electron chi connectivity index (χ1n) is 11.2. The number of nitrogens with zero attached hydrogens (tertiary/aromatic N) is 2. The van der Waals surface area contributed by atoms with Gasteiger partial charge in [0.05, 0.1) is 6.04 Å². The number of rotatable bonds is 8. The van der Waals surface area contributed by atoms with Gasteiger partial charge in [-0.05, 0) is 54.3 Å². The Labute approximate surface area is 190 Å². The van der Waals surface area contributed by atoms with Gasteiger partial charge in [-0.1, -0.05) is 67.3 Å². The SMILES string of the molecule is C=C(/C=C\C=C/C)/C=C/CN1CCN(C(C2=CCC=C(F)C=C2)c2ccc(F)cc2)CC1. The number of halogens is 2. The third-order valence-electron chi connectivity index (χ3n) is 5.68. The van der Waals surface area contributed by atoms with Gasteiger partial charge in [0.1, 0.15) is 11.6 Å². The summed E-state index contributed by atoms with van der Waals surface area (Å²) in [5.41, 5.74) is 3.06. The molecule has 0 bridgehead atoms. The quantitative estimate of drug-likeness (QED) is 0.433. The summed E-state index contributed by atoms with van der Waals surface area (Å²) in [5.74, 6) is -0.461. The molecule has 1 aliphatic carbocycles. The van der Waals surface area contributed by atoms with Crippen molar-refractivity contribution >= 4 is 0 Å². The Morgan fingerprint density at radius 1 is 1.00 bits per heavy atom. The Balaban J connectivity index is 1.64. The highest BCUT2D eigenvalue weighted by atomic mass is 19.1. The van der Waals surface area contributed by atoms with Crippen LogP contribution in [-0.2, 0) is 0 Å². The second-order valence-electron chi connectivity index (χ2n) is 8.02. The summed E-state index contributed by atoms with van der Waals surface area (Å²) < 4.78 is 27.3. The highest BCUT2D eigenvalue weighted by molar-refractivity contribution is 5.38. The molecule has 32 heavy (non-hydrogen) atoms. The minimum atomic E-state index is -0.246. The summed E-state index contributed by atoms with van der Waals surface area (Å²) in [4.78, 5) is 4.82. The van der Waals surface area contributed by atoms with Gasteiger partial charge in [0.15, 0.2) is 0 Å². The number of allylic oxidation sites excluding steroid dienone is 10. The molecule has 1 aliphatic heterocycles. The molecule has 3 rings (SSSR count). The van der Waals surface area contributed by atoms with Gasteiger partial charge < -0.3 is 0 Å². The van der Waals surface area contributed by atoms with E-state index >= 15 is 0 Å². The molecule has 0 N–H and O–H groups in total. The van der Waals surface area contributed by atoms with Crippen LogP contribution in [0.3, 0.4) is 0 Å². The lowest BCUT2D eigenvalue weighted by molar-refractivity contribution is 0.117. The van der Waals surface area contributed by atoms with E-state index in [0.29, 0.717) is 6.42 Å². The summed E-state index contributed by atoms with van der Waals surface area (Å²) in [7, 11) is 0. The molecule has 0 saturated carbocycles. The maximum absolute atomic E-state index is 13.7. The lowest BCUT2D eigenvalue weighted by Gasteiger charge is -2.40. The van der Waals surface area contributed by atoms with E-state index in [1.807, 2.05) is 49.4 Å². The second kappa shape index (κ2) is 12.3. The lowest BCUT2D eigenvalue weighted by atomic mass is 9.95. The molecule has 1 unspecified atom stereocenters. The number of piperazine rings is 1. The van der Waals surface area contributed by atoms with Crippen LogP contribution in [0, 0.1) is 5.82 Å². The molecule has 1 heterocycles. The van der Waals surface area contributed by atoms with Gasteiger partial charge >= 0.3 is 0 Å². The van der Waals surface area contributed by atoms with E-state index in [1.54, 1.807) is 6.08 Å². The molecular formula is C28H32F2N2. The molecule has 168 valence electrons. The first kappa shape index (κ1) is 23.8. The second-order valence-corrected chi connectivity index (χ2v) is 8.02. The van der Waals surface area contributed by atoms with Gasteiger partial charge in [-0.3, -0.25) is 9.80 Å². The Hall–Kier alpha value is -2.82. The summed E-state index contributed by atoms with van der Waals surface area (Å²) >= 11 is 0. The van der Waals surface area contributed by atoms with Crippen LogP contribution in [-0.4, -0.2) is 42.5 Å². The standard InChI is InChI=1S/C28H32F2N2/c1-3-4-5-8-23(2)9-7-18-31-19-21-32(22-20-31)28(25-13-16-27(30)17-14-25)24-10-6-11-26(29)15-12-24/h3-5,7-17,28H,2,6,18-22H2,1H3/b4-3-,8-5-,9-7+. The highest BCUT2D eigenvalue weighted by Gasteiger charge is 2.27. The molecule has 2 nitrogen and oxygen atoms in total. The van der Waals surface area contributed by atoms with Crippen molar-refractivity contribution in [3.63, 3.8) is 0 Å². The van der Waals surface area contributed by atoms with Gasteiger partial charge in [0.25, 0.3) is 0 Å². The molecular weight excluding hydrogens is 402 g/mol. The molecule has 1 saturated heterocycles. The molecule has 0 aromatic heterocycles. The average molecular weight is 435 g/mol. The van der Waals surface area contributed by atoms with E-state index in [-0.39, 0.29) is 17.7 Å². The number of hydrogen-bond donors (Lipinski definition) is 0. The first-order chi connectivity index (χ1) is 15.6. The van der Waals surface area contributed by atoms with E-state index in [0.717, 1.165) is 49.4 Å². The normalized spacial score (nSPS) is 19.5. The number of benzene rings is 1. The van der Waals surface area contributed by atoms with Crippen LogP contribution >= 0.6 is 0 Å². The van der Waals surface area contributed by atoms with E-state index in [4.69, 9.17) is 0 Å². The Morgan fingerprint density at radius 3 is 2.47 bits per heavy atom. The Morgan fingerprint density at radius 2 is 1.75 bits per heavy atom. The summed E-state index contributed by atoms with van der Waals surface area (Å²) in [6.45, 7) is 10.6. The third-order valence-corrected chi connectivity index (χ3v) is 5.68. The molecule has 1 atom stereocenters. The van der Waals surface area contributed by atoms with Gasteiger partial charge in [0, 0.05) is 32.7 Å². The van der Waals surface area contributed by atoms with Gasteiger partial charge in [0.2, 0.25) is 0 Å². The zero-order valence-corrected chi connectivity index (χ0v) is 18.8. The maximum atomic E-state index is 13.7. The van der Waals surface area contributed by atoms with Crippen LogP contribution in [0.4, 0.5) is 8.78 Å². The first-order valence-corrected chi connectivity index (χ1v) is 11.2. The van der Waals surface area contributed by atoms with Gasteiger partial charge in [-0.25, -0.2) is 8.78 Å². The van der Waals surface area contributed by atoms with Crippen molar-refractivity contribution in [3.8, 4) is 0 Å². The summed E-state index contributed by atoms with van der Waals surface area (Å²) in [6.07, 6.45) is 19.7. The zero-order chi connectivity index (χ0) is 22.8. The largest absolute Gasteiger partial charge is 0.297 e. The van der Waals surface area contributed by atoms with Crippen LogP contribution in [0.1, 0.15) is 24.9 Å². The van der Waals surface area contributed by atoms with Crippen LogP contribution in [0.2, 0.25) is 0 Å². The third kappa shape index (κ3) is 7.11. The highest BCUT2D eigenvalue weighted by Crippen LogP contribution is 2.32. The molecule has 1 aromatic carbocycles. The van der Waals surface area contributed by atoms with E-state index in [9.17, 15) is 8.78 Å². The van der Waals surface area contributed by atoms with E-state index in [2.05, 4.69) is 34.6 Å². The predicted octanol–water partition coefficient (Wildman–Crippen LogP) is 6.47. The van der Waals surface area contributed by atoms with Crippen molar-refractivity contribution in [1.29, 1.82) is 0 Å². The summed E-state index contributed by atoms with van der Waals surface area (Å²) in [5, 5.41) is 0. The minimum Gasteiger partial charge on any atom is -0.297 e. The van der Waals surface area contributed by atoms with Crippen molar-refractivity contribution in [2.75, 3.05) is 32.7 Å². The minimum absolute atomic E-state index is 0.0135. The average Bonchev–Trinajstić information content (AvgIpc) is 3.01. The van der Waals surface area contributed by atoms with Crippen LogP contribution in [0.5, 0.6) is 0 Å². The van der Waals surface area contributed by atoms with Crippen molar-refractivity contribution < 1.29 is 8.78 Å². The molecule has 2 aliphatic rings. The van der Waals surface area contributed by atoms with E-state index < -0.39 is 0 Å². The molecule has 0 radical (unpaired) electrons. The Bertz CT molecular complexity index is 940. The molecule has 4 heteroatoms. The molecule has 0 spiro atoms. The van der Waals surface area contributed by atoms with Crippen molar-refractivity contribution in [3.05, 3.63) is 120 Å².